The number of hydrogen-bond acceptors (Lipinski definition) is 3. The second-order valence-electron chi connectivity index (χ2n) is 15.5. The van der Waals surface area contributed by atoms with Gasteiger partial charge in [0.2, 0.25) is 0 Å². The van der Waals surface area contributed by atoms with E-state index in [9.17, 15) is 0 Å². The lowest BCUT2D eigenvalue weighted by Gasteiger charge is -2.46. The number of ether oxygens (including phenoxy) is 1. The summed E-state index contributed by atoms with van der Waals surface area (Å²) in [7, 11) is 0. The van der Waals surface area contributed by atoms with Crippen molar-refractivity contribution in [3.8, 4) is 33.8 Å². The third-order valence-electron chi connectivity index (χ3n) is 11.8. The Morgan fingerprint density at radius 1 is 0.500 bits per heavy atom. The molecule has 3 aliphatic rings. The van der Waals surface area contributed by atoms with E-state index in [-0.39, 0.29) is 10.8 Å². The van der Waals surface area contributed by atoms with Crippen LogP contribution < -0.4 is 14.5 Å². The third-order valence-corrected chi connectivity index (χ3v) is 11.8. The van der Waals surface area contributed by atoms with Gasteiger partial charge in [0.05, 0.1) is 22.7 Å². The largest absolute Gasteiger partial charge is 0.451 e. The Morgan fingerprint density at radius 2 is 1.15 bits per heavy atom. The molecular weight excluding hydrogens is 633 g/mol. The van der Waals surface area contributed by atoms with Crippen LogP contribution in [0.25, 0.3) is 22.3 Å². The average Bonchev–Trinajstić information content (AvgIpc) is 3.40. The normalized spacial score (nSPS) is 15.1. The van der Waals surface area contributed by atoms with Crippen molar-refractivity contribution < 1.29 is 4.74 Å². The van der Waals surface area contributed by atoms with Gasteiger partial charge in [-0.1, -0.05) is 137 Å². The molecule has 0 saturated carbocycles. The summed E-state index contributed by atoms with van der Waals surface area (Å²) in [6.45, 7) is 11.6. The van der Waals surface area contributed by atoms with Crippen molar-refractivity contribution in [1.29, 1.82) is 0 Å². The summed E-state index contributed by atoms with van der Waals surface area (Å²) in [5, 5.41) is 0. The van der Waals surface area contributed by atoms with Crippen LogP contribution in [0, 0.1) is 6.92 Å². The molecule has 0 unspecified atom stereocenters. The van der Waals surface area contributed by atoms with Gasteiger partial charge in [-0.2, -0.15) is 0 Å². The number of aryl methyl sites for hydroxylation is 1. The molecule has 0 N–H and O–H groups in total. The van der Waals surface area contributed by atoms with Crippen molar-refractivity contribution in [1.82, 2.24) is 0 Å². The quantitative estimate of drug-likeness (QED) is 0.185. The van der Waals surface area contributed by atoms with Gasteiger partial charge < -0.3 is 14.5 Å². The molecule has 252 valence electrons. The number of fused-ring (bicyclic) bond motifs is 7. The van der Waals surface area contributed by atoms with Gasteiger partial charge in [-0.15, -0.1) is 0 Å². The summed E-state index contributed by atoms with van der Waals surface area (Å²) in [6.07, 6.45) is 0. The van der Waals surface area contributed by atoms with Gasteiger partial charge >= 0.3 is 0 Å². The van der Waals surface area contributed by atoms with Crippen LogP contribution >= 0.6 is 0 Å². The Labute approximate surface area is 306 Å². The molecule has 0 atom stereocenters. The van der Waals surface area contributed by atoms with Gasteiger partial charge in [0.25, 0.3) is 0 Å². The van der Waals surface area contributed by atoms with Gasteiger partial charge in [-0.05, 0) is 99.5 Å². The zero-order chi connectivity index (χ0) is 35.4. The van der Waals surface area contributed by atoms with E-state index in [4.69, 9.17) is 4.74 Å². The fourth-order valence-corrected chi connectivity index (χ4v) is 9.06. The first-order valence-electron chi connectivity index (χ1n) is 18.3. The molecular formula is C49H40N2O. The predicted molar refractivity (Wildman–Crippen MR) is 216 cm³/mol. The second-order valence-corrected chi connectivity index (χ2v) is 15.5. The molecule has 0 amide bonds. The number of rotatable bonds is 4. The van der Waals surface area contributed by atoms with Crippen molar-refractivity contribution in [2.45, 2.75) is 45.4 Å². The van der Waals surface area contributed by atoms with Gasteiger partial charge in [0, 0.05) is 22.2 Å². The van der Waals surface area contributed by atoms with E-state index in [0.29, 0.717) is 0 Å². The standard InChI is InChI=1S/C49H40N2O/c1-31-14-13-21-44-45(31)51-42-20-12-11-19-39(42)49(4,5)40-28-29-43(47(52-44)46(40)51)50(34-24-22-33(23-25-34)32-15-7-6-8-16-32)35-26-27-37-36-17-9-10-18-38(36)48(2,3)41(37)30-35/h6-30H,1-5H3. The van der Waals surface area contributed by atoms with Crippen LogP contribution in [0.15, 0.2) is 152 Å². The summed E-state index contributed by atoms with van der Waals surface area (Å²) in [5.41, 5.74) is 17.7. The second kappa shape index (κ2) is 11.0. The minimum Gasteiger partial charge on any atom is -0.451 e. The Morgan fingerprint density at radius 3 is 1.96 bits per heavy atom. The summed E-state index contributed by atoms with van der Waals surface area (Å²) < 4.78 is 7.16. The third kappa shape index (κ3) is 4.26. The molecule has 0 aromatic heterocycles. The molecule has 3 heteroatoms. The fourth-order valence-electron chi connectivity index (χ4n) is 9.06. The van der Waals surface area contributed by atoms with Crippen LogP contribution in [0.3, 0.4) is 0 Å². The summed E-state index contributed by atoms with van der Waals surface area (Å²) in [5.74, 6) is 1.73. The van der Waals surface area contributed by atoms with Crippen molar-refractivity contribution >= 4 is 34.1 Å². The zero-order valence-electron chi connectivity index (χ0n) is 30.2. The Bertz CT molecular complexity index is 2560. The minimum absolute atomic E-state index is 0.133. The highest BCUT2D eigenvalue weighted by Crippen LogP contribution is 2.63. The lowest BCUT2D eigenvalue weighted by molar-refractivity contribution is 0.472. The zero-order valence-corrected chi connectivity index (χ0v) is 30.2. The number of hydrogen-bond donors (Lipinski definition) is 0. The maximum absolute atomic E-state index is 7.16. The van der Waals surface area contributed by atoms with Crippen LogP contribution in [-0.4, -0.2) is 0 Å². The first kappa shape index (κ1) is 30.7. The van der Waals surface area contributed by atoms with E-state index in [1.165, 1.54) is 55.8 Å². The van der Waals surface area contributed by atoms with Crippen molar-refractivity contribution in [2.75, 3.05) is 9.80 Å². The summed E-state index contributed by atoms with van der Waals surface area (Å²) in [4.78, 5) is 4.86. The van der Waals surface area contributed by atoms with Gasteiger partial charge in [0.15, 0.2) is 11.5 Å². The molecule has 7 aromatic rings. The van der Waals surface area contributed by atoms with Crippen LogP contribution in [0.5, 0.6) is 11.5 Å². The highest BCUT2D eigenvalue weighted by molar-refractivity contribution is 5.99. The molecule has 0 fully saturated rings. The van der Waals surface area contributed by atoms with E-state index in [2.05, 4.69) is 196 Å². The number of anilines is 6. The lowest BCUT2D eigenvalue weighted by Crippen LogP contribution is -2.33. The molecule has 0 radical (unpaired) electrons. The molecule has 0 spiro atoms. The number of nitrogens with zero attached hydrogens (tertiary/aromatic N) is 2. The first-order valence-corrected chi connectivity index (χ1v) is 18.3. The Balaban J connectivity index is 1.23. The molecule has 0 saturated heterocycles. The predicted octanol–water partition coefficient (Wildman–Crippen LogP) is 13.7. The maximum atomic E-state index is 7.16. The molecule has 1 aliphatic carbocycles. The Kier molecular flexibility index (Phi) is 6.48. The number of para-hydroxylation sites is 2. The topological polar surface area (TPSA) is 15.7 Å². The molecule has 7 aromatic carbocycles. The van der Waals surface area contributed by atoms with Gasteiger partial charge in [0.1, 0.15) is 0 Å². The van der Waals surface area contributed by atoms with Crippen LogP contribution in [-0.2, 0) is 10.8 Å². The molecule has 3 nitrogen and oxygen atoms in total. The molecule has 10 rings (SSSR count). The first-order chi connectivity index (χ1) is 25.2. The lowest BCUT2D eigenvalue weighted by atomic mass is 9.73. The van der Waals surface area contributed by atoms with Crippen LogP contribution in [0.1, 0.15) is 55.5 Å². The van der Waals surface area contributed by atoms with Crippen molar-refractivity contribution in [2.24, 2.45) is 0 Å². The molecule has 2 heterocycles. The molecule has 0 bridgehead atoms. The summed E-state index contributed by atoms with van der Waals surface area (Å²) in [6, 6.07) is 55.3. The van der Waals surface area contributed by atoms with Crippen molar-refractivity contribution in [3.63, 3.8) is 0 Å². The molecule has 2 aliphatic heterocycles. The Hall–Kier alpha value is -6.06. The monoisotopic (exact) mass is 672 g/mol. The van der Waals surface area contributed by atoms with E-state index in [1.807, 2.05) is 0 Å². The van der Waals surface area contributed by atoms with Crippen LogP contribution in [0.4, 0.5) is 34.1 Å². The summed E-state index contributed by atoms with van der Waals surface area (Å²) >= 11 is 0. The van der Waals surface area contributed by atoms with E-state index < -0.39 is 0 Å². The SMILES string of the molecule is Cc1cccc2c1N1c3ccccc3C(C)(C)c3ccc(N(c4ccc(-c5ccccc5)cc4)c4ccc5c(c4)C(C)(C)c4ccccc4-5)c(c31)O2. The van der Waals surface area contributed by atoms with Gasteiger partial charge in [-0.3, -0.25) is 0 Å². The fraction of sp³-hybridized carbons (Fsp3) is 0.143. The smallest absolute Gasteiger partial charge is 0.175 e. The van der Waals surface area contributed by atoms with Crippen LogP contribution in [0.2, 0.25) is 0 Å². The van der Waals surface area contributed by atoms with Crippen molar-refractivity contribution in [3.05, 3.63) is 179 Å². The molecule has 52 heavy (non-hydrogen) atoms. The highest BCUT2D eigenvalue weighted by Gasteiger charge is 2.44. The van der Waals surface area contributed by atoms with E-state index in [1.54, 1.807) is 0 Å². The minimum atomic E-state index is -0.231. The average molecular weight is 673 g/mol. The highest BCUT2D eigenvalue weighted by atomic mass is 16.5. The van der Waals surface area contributed by atoms with E-state index in [0.717, 1.165) is 39.9 Å². The maximum Gasteiger partial charge on any atom is 0.175 e. The van der Waals surface area contributed by atoms with E-state index >= 15 is 0 Å². The number of benzene rings is 7. The van der Waals surface area contributed by atoms with Gasteiger partial charge in [-0.25, -0.2) is 0 Å².